The number of aromatic amines is 1. The van der Waals surface area contributed by atoms with Gasteiger partial charge in [-0.3, -0.25) is 9.67 Å². The normalized spacial score (nSPS) is 11.1. The molecule has 0 fully saturated rings. The van der Waals surface area contributed by atoms with Gasteiger partial charge in [0.2, 0.25) is 0 Å². The lowest BCUT2D eigenvalue weighted by Gasteiger charge is -2.06. The molecule has 29 heavy (non-hydrogen) atoms. The van der Waals surface area contributed by atoms with Gasteiger partial charge in [0, 0.05) is 6.42 Å². The van der Waals surface area contributed by atoms with Crippen molar-refractivity contribution in [2.75, 3.05) is 5.84 Å². The first-order valence-corrected chi connectivity index (χ1v) is 9.25. The van der Waals surface area contributed by atoms with E-state index in [1.54, 1.807) is 16.7 Å². The second kappa shape index (κ2) is 7.47. The first kappa shape index (κ1) is 18.8. The molecule has 0 radical (unpaired) electrons. The first-order valence-electron chi connectivity index (χ1n) is 8.84. The SMILES string of the molecule is Cc1ccc(Cc2nn(Cc3n[nH]c(=S)n3-c3cccc(F)c3)c(=O)n2N)cc1. The lowest BCUT2D eigenvalue weighted by atomic mass is 10.1. The number of nitrogen functional groups attached to an aromatic ring is 1. The third kappa shape index (κ3) is 3.74. The molecule has 2 aromatic carbocycles. The van der Waals surface area contributed by atoms with Crippen LogP contribution in [0.25, 0.3) is 5.69 Å². The van der Waals surface area contributed by atoms with E-state index in [1.807, 2.05) is 31.2 Å². The molecule has 0 amide bonds. The number of aryl methyl sites for hydroxylation is 1. The molecule has 4 aromatic rings. The molecule has 0 bridgehead atoms. The van der Waals surface area contributed by atoms with E-state index in [0.717, 1.165) is 15.8 Å². The fourth-order valence-electron chi connectivity index (χ4n) is 3.03. The Hall–Kier alpha value is -3.53. The van der Waals surface area contributed by atoms with Crippen molar-refractivity contribution in [1.82, 2.24) is 29.2 Å². The zero-order chi connectivity index (χ0) is 20.5. The van der Waals surface area contributed by atoms with E-state index < -0.39 is 11.5 Å². The maximum atomic E-state index is 13.6. The second-order valence-electron chi connectivity index (χ2n) is 6.65. The Kier molecular flexibility index (Phi) is 4.85. The molecule has 0 atom stereocenters. The third-order valence-corrected chi connectivity index (χ3v) is 4.80. The predicted molar refractivity (Wildman–Crippen MR) is 108 cm³/mol. The molecule has 0 saturated heterocycles. The minimum absolute atomic E-state index is 0.0214. The van der Waals surface area contributed by atoms with E-state index in [2.05, 4.69) is 15.3 Å². The summed E-state index contributed by atoms with van der Waals surface area (Å²) in [6.45, 7) is 2.02. The average molecular weight is 411 g/mol. The van der Waals surface area contributed by atoms with Crippen molar-refractivity contribution in [3.8, 4) is 5.69 Å². The van der Waals surface area contributed by atoms with Crippen LogP contribution in [0.3, 0.4) is 0 Å². The van der Waals surface area contributed by atoms with Gasteiger partial charge < -0.3 is 5.84 Å². The second-order valence-corrected chi connectivity index (χ2v) is 7.04. The van der Waals surface area contributed by atoms with Gasteiger partial charge >= 0.3 is 5.69 Å². The van der Waals surface area contributed by atoms with Crippen molar-refractivity contribution in [3.63, 3.8) is 0 Å². The molecule has 10 heteroatoms. The molecule has 2 aromatic heterocycles. The number of nitrogens with two attached hydrogens (primary N) is 1. The molecular formula is C19H18FN7OS. The molecule has 3 N–H and O–H groups in total. The molecule has 0 aliphatic rings. The topological polar surface area (TPSA) is 99.5 Å². The highest BCUT2D eigenvalue weighted by molar-refractivity contribution is 7.71. The Bertz CT molecular complexity index is 1280. The van der Waals surface area contributed by atoms with Gasteiger partial charge in [0.25, 0.3) is 0 Å². The number of aromatic nitrogens is 6. The van der Waals surface area contributed by atoms with Crippen molar-refractivity contribution >= 4 is 12.2 Å². The van der Waals surface area contributed by atoms with Crippen molar-refractivity contribution in [3.05, 3.63) is 92.4 Å². The van der Waals surface area contributed by atoms with E-state index in [-0.39, 0.29) is 11.3 Å². The van der Waals surface area contributed by atoms with Crippen molar-refractivity contribution in [2.24, 2.45) is 0 Å². The van der Waals surface area contributed by atoms with Gasteiger partial charge in [-0.2, -0.15) is 14.9 Å². The quantitative estimate of drug-likeness (QED) is 0.387. The number of nitrogens with zero attached hydrogens (tertiary/aromatic N) is 5. The molecule has 8 nitrogen and oxygen atoms in total. The highest BCUT2D eigenvalue weighted by Crippen LogP contribution is 2.13. The smallest absolute Gasteiger partial charge is 0.333 e. The first-order chi connectivity index (χ1) is 13.9. The fraction of sp³-hybridized carbons (Fsp3) is 0.158. The molecular weight excluding hydrogens is 393 g/mol. The standard InChI is InChI=1S/C19H18FN7OS/c1-12-5-7-13(8-6-12)9-16-24-25(19(28)27(16)21)11-17-22-23-18(29)26(17)15-4-2-3-14(20)10-15/h2-8,10H,9,11,21H2,1H3,(H,23,29). The molecule has 0 spiro atoms. The van der Waals surface area contributed by atoms with Crippen LogP contribution < -0.4 is 11.5 Å². The number of rotatable bonds is 5. The van der Waals surface area contributed by atoms with Crippen LogP contribution in [0.5, 0.6) is 0 Å². The molecule has 148 valence electrons. The van der Waals surface area contributed by atoms with Gasteiger partial charge in [-0.15, -0.1) is 0 Å². The Balaban J connectivity index is 1.67. The summed E-state index contributed by atoms with van der Waals surface area (Å²) in [4.78, 5) is 12.6. The van der Waals surface area contributed by atoms with Crippen LogP contribution in [-0.2, 0) is 13.0 Å². The van der Waals surface area contributed by atoms with Gasteiger partial charge in [0.15, 0.2) is 16.4 Å². The maximum absolute atomic E-state index is 13.6. The lowest BCUT2D eigenvalue weighted by molar-refractivity contribution is 0.609. The third-order valence-electron chi connectivity index (χ3n) is 4.52. The minimum Gasteiger partial charge on any atom is -0.333 e. The monoisotopic (exact) mass is 411 g/mol. The van der Waals surface area contributed by atoms with Crippen LogP contribution in [0.2, 0.25) is 0 Å². The number of nitrogens with one attached hydrogen (secondary N) is 1. The number of hydrogen-bond acceptors (Lipinski definition) is 5. The van der Waals surface area contributed by atoms with Gasteiger partial charge in [-0.25, -0.2) is 13.9 Å². The molecule has 0 aliphatic carbocycles. The van der Waals surface area contributed by atoms with Crippen LogP contribution in [0.15, 0.2) is 53.3 Å². The van der Waals surface area contributed by atoms with Crippen LogP contribution in [-0.4, -0.2) is 29.2 Å². The Morgan fingerprint density at radius 2 is 1.93 bits per heavy atom. The molecule has 0 saturated carbocycles. The van der Waals surface area contributed by atoms with E-state index in [0.29, 0.717) is 23.8 Å². The molecule has 0 aliphatic heterocycles. The summed E-state index contributed by atoms with van der Waals surface area (Å²) in [5.74, 6) is 6.35. The van der Waals surface area contributed by atoms with E-state index in [9.17, 15) is 9.18 Å². The summed E-state index contributed by atoms with van der Waals surface area (Å²) in [7, 11) is 0. The number of H-pyrrole nitrogens is 1. The van der Waals surface area contributed by atoms with Crippen molar-refractivity contribution in [1.29, 1.82) is 0 Å². The Morgan fingerprint density at radius 1 is 1.17 bits per heavy atom. The lowest BCUT2D eigenvalue weighted by Crippen LogP contribution is -2.31. The highest BCUT2D eigenvalue weighted by Gasteiger charge is 2.16. The number of halogens is 1. The summed E-state index contributed by atoms with van der Waals surface area (Å²) >= 11 is 5.26. The van der Waals surface area contributed by atoms with Gasteiger partial charge in [0.1, 0.15) is 12.4 Å². The van der Waals surface area contributed by atoms with Gasteiger partial charge in [-0.05, 0) is 42.9 Å². The summed E-state index contributed by atoms with van der Waals surface area (Å²) < 4.78 is 17.7. The molecule has 4 rings (SSSR count). The molecule has 2 heterocycles. The zero-order valence-electron chi connectivity index (χ0n) is 15.5. The summed E-state index contributed by atoms with van der Waals surface area (Å²) in [6.07, 6.45) is 0.412. The minimum atomic E-state index is -0.480. The number of hydrogen-bond donors (Lipinski definition) is 2. The zero-order valence-corrected chi connectivity index (χ0v) is 16.4. The summed E-state index contributed by atoms with van der Waals surface area (Å²) in [5.41, 5.74) is 2.15. The van der Waals surface area contributed by atoms with Crippen LogP contribution >= 0.6 is 12.2 Å². The fourth-order valence-corrected chi connectivity index (χ4v) is 3.28. The van der Waals surface area contributed by atoms with Crippen LogP contribution in [0.4, 0.5) is 4.39 Å². The summed E-state index contributed by atoms with van der Waals surface area (Å²) in [6, 6.07) is 13.9. The summed E-state index contributed by atoms with van der Waals surface area (Å²) in [5, 5.41) is 11.2. The Morgan fingerprint density at radius 3 is 2.66 bits per heavy atom. The van der Waals surface area contributed by atoms with Crippen molar-refractivity contribution < 1.29 is 4.39 Å². The largest absolute Gasteiger partial charge is 0.365 e. The van der Waals surface area contributed by atoms with Crippen molar-refractivity contribution in [2.45, 2.75) is 19.9 Å². The number of benzene rings is 2. The average Bonchev–Trinajstić information content (AvgIpc) is 3.18. The highest BCUT2D eigenvalue weighted by atomic mass is 32.1. The van der Waals surface area contributed by atoms with Crippen LogP contribution in [0, 0.1) is 17.5 Å². The maximum Gasteiger partial charge on any atom is 0.365 e. The van der Waals surface area contributed by atoms with Gasteiger partial charge in [-0.1, -0.05) is 35.9 Å². The van der Waals surface area contributed by atoms with Crippen LogP contribution in [0.1, 0.15) is 22.8 Å². The van der Waals surface area contributed by atoms with E-state index in [4.69, 9.17) is 18.1 Å². The van der Waals surface area contributed by atoms with E-state index in [1.165, 1.54) is 16.8 Å². The van der Waals surface area contributed by atoms with Gasteiger partial charge in [0.05, 0.1) is 5.69 Å². The van der Waals surface area contributed by atoms with E-state index >= 15 is 0 Å². The predicted octanol–water partition coefficient (Wildman–Crippen LogP) is 2.09. The Labute approximate surface area is 170 Å². The molecule has 0 unspecified atom stereocenters.